The van der Waals surface area contributed by atoms with Crippen LogP contribution in [0.5, 0.6) is 0 Å². The van der Waals surface area contributed by atoms with Gasteiger partial charge in [-0.2, -0.15) is 0 Å². The molecule has 0 bridgehead atoms. The van der Waals surface area contributed by atoms with Crippen LogP contribution in [0.3, 0.4) is 0 Å². The van der Waals surface area contributed by atoms with Gasteiger partial charge in [0.1, 0.15) is 0 Å². The molecule has 0 N–H and O–H groups in total. The fourth-order valence-corrected chi connectivity index (χ4v) is 4.60. The molecule has 15 heavy (non-hydrogen) atoms. The molecule has 0 heterocycles. The summed E-state index contributed by atoms with van der Waals surface area (Å²) >= 11 is 11.1. The second-order valence-corrected chi connectivity index (χ2v) is 5.82. The van der Waals surface area contributed by atoms with E-state index in [4.69, 9.17) is 0 Å². The van der Waals surface area contributed by atoms with Gasteiger partial charge in [-0.15, -0.1) is 0 Å². The zero-order valence-corrected chi connectivity index (χ0v) is 14.0. The van der Waals surface area contributed by atoms with Crippen LogP contribution in [0.15, 0.2) is 13.4 Å². The van der Waals surface area contributed by atoms with Crippen LogP contribution in [-0.4, -0.2) is 0 Å². The topological polar surface area (TPSA) is 0 Å². The summed E-state index contributed by atoms with van der Waals surface area (Å²) in [5.41, 5.74) is 4.20. The Kier molecular flexibility index (Phi) is 5.33. The predicted octanol–water partition coefficient (Wildman–Crippen LogP) is 5.66. The number of benzene rings is 1. The monoisotopic (exact) mass is 396 g/mol. The molecule has 0 fully saturated rings. The first-order valence-electron chi connectivity index (χ1n) is 5.25. The van der Waals surface area contributed by atoms with Gasteiger partial charge in [0.05, 0.1) is 0 Å². The second kappa shape index (κ2) is 5.83. The van der Waals surface area contributed by atoms with E-state index in [1.807, 2.05) is 0 Å². The van der Waals surface area contributed by atoms with Crippen molar-refractivity contribution in [3.8, 4) is 0 Å². The van der Waals surface area contributed by atoms with Gasteiger partial charge in [0.15, 0.2) is 0 Å². The highest BCUT2D eigenvalue weighted by Crippen LogP contribution is 2.39. The van der Waals surface area contributed by atoms with Crippen molar-refractivity contribution >= 4 is 47.8 Å². The van der Waals surface area contributed by atoms with E-state index in [-0.39, 0.29) is 0 Å². The molecule has 0 unspecified atom stereocenters. The van der Waals surface area contributed by atoms with E-state index in [1.54, 1.807) is 0 Å². The smallest absolute Gasteiger partial charge is 0.0363 e. The number of hydrogen-bond donors (Lipinski definition) is 0. The van der Waals surface area contributed by atoms with Crippen LogP contribution in [0.4, 0.5) is 0 Å². The molecule has 0 aliphatic heterocycles. The van der Waals surface area contributed by atoms with Crippen LogP contribution >= 0.6 is 47.8 Å². The highest BCUT2D eigenvalue weighted by Gasteiger charge is 2.16. The lowest BCUT2D eigenvalue weighted by Gasteiger charge is -2.17. The minimum Gasteiger partial charge on any atom is -0.0612 e. The first kappa shape index (κ1) is 13.7. The molecular weight excluding hydrogens is 384 g/mol. The standard InChI is InChI=1S/C12H15Br3/c1-4-7-8(5-2)11(14)12(15)9(6-3)10(7)13/h4-6H2,1-3H3. The molecule has 0 aromatic heterocycles. The maximum atomic E-state index is 3.73. The van der Waals surface area contributed by atoms with E-state index < -0.39 is 0 Å². The zero-order valence-electron chi connectivity index (χ0n) is 9.26. The van der Waals surface area contributed by atoms with E-state index in [0.29, 0.717) is 0 Å². The first-order chi connectivity index (χ1) is 7.08. The summed E-state index contributed by atoms with van der Waals surface area (Å²) in [7, 11) is 0. The van der Waals surface area contributed by atoms with E-state index >= 15 is 0 Å². The van der Waals surface area contributed by atoms with Gasteiger partial charge in [0, 0.05) is 13.4 Å². The summed E-state index contributed by atoms with van der Waals surface area (Å²) < 4.78 is 3.70. The maximum absolute atomic E-state index is 3.73. The van der Waals surface area contributed by atoms with E-state index in [0.717, 1.165) is 19.3 Å². The molecule has 0 aliphatic carbocycles. The molecule has 0 radical (unpaired) electrons. The van der Waals surface area contributed by atoms with Gasteiger partial charge in [-0.25, -0.2) is 0 Å². The third-order valence-corrected chi connectivity index (χ3v) is 5.92. The molecule has 1 aromatic carbocycles. The average molecular weight is 399 g/mol. The molecule has 0 amide bonds. The highest BCUT2D eigenvalue weighted by atomic mass is 79.9. The van der Waals surface area contributed by atoms with E-state index in [9.17, 15) is 0 Å². The fraction of sp³-hybridized carbons (Fsp3) is 0.500. The Labute approximate surface area is 117 Å². The van der Waals surface area contributed by atoms with E-state index in [2.05, 4.69) is 68.6 Å². The largest absolute Gasteiger partial charge is 0.0612 e. The third-order valence-electron chi connectivity index (χ3n) is 2.68. The van der Waals surface area contributed by atoms with Gasteiger partial charge in [-0.1, -0.05) is 36.7 Å². The molecule has 1 rings (SSSR count). The fourth-order valence-electron chi connectivity index (χ4n) is 1.86. The minimum absolute atomic E-state index is 1.04. The number of halogens is 3. The zero-order chi connectivity index (χ0) is 11.6. The van der Waals surface area contributed by atoms with Crippen LogP contribution in [0.1, 0.15) is 37.5 Å². The van der Waals surface area contributed by atoms with Crippen LogP contribution in [0.2, 0.25) is 0 Å². The Bertz CT molecular complexity index is 370. The maximum Gasteiger partial charge on any atom is 0.0363 e. The van der Waals surface area contributed by atoms with Gasteiger partial charge in [0.25, 0.3) is 0 Å². The summed E-state index contributed by atoms with van der Waals surface area (Å²) in [6.45, 7) is 6.59. The molecule has 3 heteroatoms. The van der Waals surface area contributed by atoms with Crippen LogP contribution < -0.4 is 0 Å². The molecule has 84 valence electrons. The number of rotatable bonds is 3. The normalized spacial score (nSPS) is 10.8. The summed E-state index contributed by atoms with van der Waals surface area (Å²) in [4.78, 5) is 0. The third kappa shape index (κ3) is 2.50. The molecule has 0 atom stereocenters. The average Bonchev–Trinajstić information content (AvgIpc) is 2.23. The quantitative estimate of drug-likeness (QED) is 0.576. The SMILES string of the molecule is CCc1c(Br)c(Br)c(CC)c(CC)c1Br. The van der Waals surface area contributed by atoms with Crippen molar-refractivity contribution in [2.24, 2.45) is 0 Å². The van der Waals surface area contributed by atoms with Crippen LogP contribution in [-0.2, 0) is 19.3 Å². The van der Waals surface area contributed by atoms with Gasteiger partial charge in [0.2, 0.25) is 0 Å². The van der Waals surface area contributed by atoms with E-state index in [1.165, 1.54) is 30.1 Å². The Morgan fingerprint density at radius 2 is 0.933 bits per heavy atom. The summed E-state index contributed by atoms with van der Waals surface area (Å²) in [6, 6.07) is 0. The Morgan fingerprint density at radius 3 is 1.33 bits per heavy atom. The van der Waals surface area contributed by atoms with Crippen molar-refractivity contribution < 1.29 is 0 Å². The lowest BCUT2D eigenvalue weighted by molar-refractivity contribution is 0.985. The summed E-state index contributed by atoms with van der Waals surface area (Å²) in [6.07, 6.45) is 3.17. The lowest BCUT2D eigenvalue weighted by atomic mass is 9.99. The second-order valence-electron chi connectivity index (χ2n) is 3.44. The lowest BCUT2D eigenvalue weighted by Crippen LogP contribution is -2.00. The van der Waals surface area contributed by atoms with Gasteiger partial charge in [-0.3, -0.25) is 0 Å². The number of hydrogen-bond acceptors (Lipinski definition) is 0. The van der Waals surface area contributed by atoms with Gasteiger partial charge < -0.3 is 0 Å². The van der Waals surface area contributed by atoms with Crippen molar-refractivity contribution in [3.05, 3.63) is 30.1 Å². The predicted molar refractivity (Wildman–Crippen MR) is 77.7 cm³/mol. The Balaban J connectivity index is 3.57. The minimum atomic E-state index is 1.04. The van der Waals surface area contributed by atoms with Crippen LogP contribution in [0.25, 0.3) is 0 Å². The van der Waals surface area contributed by atoms with Crippen molar-refractivity contribution in [1.29, 1.82) is 0 Å². The molecule has 0 saturated carbocycles. The van der Waals surface area contributed by atoms with Crippen molar-refractivity contribution in [1.82, 2.24) is 0 Å². The molecule has 0 nitrogen and oxygen atoms in total. The van der Waals surface area contributed by atoms with Gasteiger partial charge in [-0.05, 0) is 67.8 Å². The van der Waals surface area contributed by atoms with Crippen molar-refractivity contribution in [3.63, 3.8) is 0 Å². The molecule has 1 aromatic rings. The van der Waals surface area contributed by atoms with Crippen molar-refractivity contribution in [2.45, 2.75) is 40.0 Å². The molecule has 0 aliphatic rings. The Hall–Kier alpha value is 0.660. The Morgan fingerprint density at radius 1 is 0.600 bits per heavy atom. The first-order valence-corrected chi connectivity index (χ1v) is 7.63. The molecule has 0 spiro atoms. The summed E-state index contributed by atoms with van der Waals surface area (Å²) in [5, 5.41) is 0. The molecule has 0 saturated heterocycles. The van der Waals surface area contributed by atoms with Gasteiger partial charge >= 0.3 is 0 Å². The van der Waals surface area contributed by atoms with Crippen LogP contribution in [0, 0.1) is 0 Å². The summed E-state index contributed by atoms with van der Waals surface area (Å²) in [5.74, 6) is 0. The highest BCUT2D eigenvalue weighted by molar-refractivity contribution is 9.13. The molecular formula is C12H15Br3. The van der Waals surface area contributed by atoms with Crippen molar-refractivity contribution in [2.75, 3.05) is 0 Å².